The second-order valence-electron chi connectivity index (χ2n) is 4.91. The van der Waals surface area contributed by atoms with Gasteiger partial charge in [0.1, 0.15) is 0 Å². The monoisotopic (exact) mass is 192 g/mol. The van der Waals surface area contributed by atoms with E-state index >= 15 is 0 Å². The molecular formula is C12H16O2. The third-order valence-corrected chi connectivity index (χ3v) is 5.00. The van der Waals surface area contributed by atoms with Crippen molar-refractivity contribution in [2.45, 2.75) is 19.3 Å². The quantitative estimate of drug-likeness (QED) is 0.691. The maximum absolute atomic E-state index is 9.56. The summed E-state index contributed by atoms with van der Waals surface area (Å²) in [6, 6.07) is 0. The first-order valence-electron chi connectivity index (χ1n) is 5.37. The van der Waals surface area contributed by atoms with Crippen LogP contribution in [0, 0.1) is 16.2 Å². The van der Waals surface area contributed by atoms with Gasteiger partial charge < -0.3 is 10.2 Å². The normalized spacial score (nSPS) is 46.1. The van der Waals surface area contributed by atoms with E-state index in [4.69, 9.17) is 0 Å². The van der Waals surface area contributed by atoms with Crippen molar-refractivity contribution < 1.29 is 10.2 Å². The fourth-order valence-corrected chi connectivity index (χ4v) is 4.32. The van der Waals surface area contributed by atoms with Gasteiger partial charge in [0.25, 0.3) is 0 Å². The Morgan fingerprint density at radius 3 is 1.86 bits per heavy atom. The van der Waals surface area contributed by atoms with Gasteiger partial charge in [0.2, 0.25) is 0 Å². The molecule has 0 amide bonds. The van der Waals surface area contributed by atoms with Gasteiger partial charge in [-0.2, -0.15) is 0 Å². The summed E-state index contributed by atoms with van der Waals surface area (Å²) in [5.41, 5.74) is -0.0990. The summed E-state index contributed by atoms with van der Waals surface area (Å²) < 4.78 is 0. The number of allylic oxidation sites excluding steroid dienone is 4. The van der Waals surface area contributed by atoms with Crippen molar-refractivity contribution in [3.05, 3.63) is 24.3 Å². The maximum atomic E-state index is 9.56. The second kappa shape index (κ2) is 2.31. The summed E-state index contributed by atoms with van der Waals surface area (Å²) in [6.07, 6.45) is 12.0. The highest BCUT2D eigenvalue weighted by atomic mass is 16.3. The molecule has 0 aromatic rings. The molecule has 0 bridgehead atoms. The van der Waals surface area contributed by atoms with Gasteiger partial charge in [-0.1, -0.05) is 30.7 Å². The van der Waals surface area contributed by atoms with Crippen LogP contribution in [-0.2, 0) is 0 Å². The van der Waals surface area contributed by atoms with Gasteiger partial charge in [0.15, 0.2) is 0 Å². The van der Waals surface area contributed by atoms with E-state index in [9.17, 15) is 10.2 Å². The van der Waals surface area contributed by atoms with E-state index in [1.54, 1.807) is 0 Å². The Morgan fingerprint density at radius 1 is 0.929 bits per heavy atom. The third kappa shape index (κ3) is 0.549. The Kier molecular flexibility index (Phi) is 1.43. The van der Waals surface area contributed by atoms with E-state index in [0.717, 1.165) is 12.8 Å². The van der Waals surface area contributed by atoms with E-state index in [1.807, 2.05) is 0 Å². The molecule has 0 spiro atoms. The van der Waals surface area contributed by atoms with E-state index in [2.05, 4.69) is 24.3 Å². The zero-order valence-electron chi connectivity index (χ0n) is 8.24. The largest absolute Gasteiger partial charge is 0.396 e. The van der Waals surface area contributed by atoms with Crippen molar-refractivity contribution in [2.75, 3.05) is 13.2 Å². The van der Waals surface area contributed by atoms with Crippen molar-refractivity contribution >= 4 is 0 Å². The average Bonchev–Trinajstić information content (AvgIpc) is 2.51. The lowest BCUT2D eigenvalue weighted by Gasteiger charge is -2.20. The topological polar surface area (TPSA) is 40.5 Å². The lowest BCUT2D eigenvalue weighted by Crippen LogP contribution is -2.24. The van der Waals surface area contributed by atoms with Crippen LogP contribution < -0.4 is 0 Å². The Bertz CT molecular complexity index is 299. The predicted octanol–water partition coefficient (Wildman–Crippen LogP) is 1.25. The fourth-order valence-electron chi connectivity index (χ4n) is 4.32. The van der Waals surface area contributed by atoms with Crippen LogP contribution in [0.1, 0.15) is 19.3 Å². The number of aliphatic hydroxyl groups is 2. The van der Waals surface area contributed by atoms with Gasteiger partial charge in [0, 0.05) is 16.2 Å². The lowest BCUT2D eigenvalue weighted by molar-refractivity contribution is 0.0859. The van der Waals surface area contributed by atoms with Crippen molar-refractivity contribution in [3.63, 3.8) is 0 Å². The molecule has 2 atom stereocenters. The van der Waals surface area contributed by atoms with Gasteiger partial charge in [-0.05, 0) is 12.8 Å². The van der Waals surface area contributed by atoms with Gasteiger partial charge in [-0.25, -0.2) is 0 Å². The Balaban J connectivity index is 2.14. The van der Waals surface area contributed by atoms with Crippen LogP contribution in [0.2, 0.25) is 0 Å². The van der Waals surface area contributed by atoms with Crippen LogP contribution in [0.5, 0.6) is 0 Å². The first kappa shape index (κ1) is 8.69. The first-order valence-corrected chi connectivity index (χ1v) is 5.37. The summed E-state index contributed by atoms with van der Waals surface area (Å²) >= 11 is 0. The standard InChI is InChI=1S/C12H16O2/c13-8-12(9-14)10-4-1-2-5-11(10,12)7-3-6-10/h1-2,4-5,13-14H,3,6-9H2/t10-,11+. The van der Waals surface area contributed by atoms with Crippen molar-refractivity contribution in [1.29, 1.82) is 0 Å². The van der Waals surface area contributed by atoms with Crippen LogP contribution in [0.3, 0.4) is 0 Å². The van der Waals surface area contributed by atoms with E-state index < -0.39 is 0 Å². The fraction of sp³-hybridized carbons (Fsp3) is 0.667. The van der Waals surface area contributed by atoms with Crippen molar-refractivity contribution in [2.24, 2.45) is 16.2 Å². The molecule has 2 fully saturated rings. The Labute approximate surface area is 83.9 Å². The molecule has 14 heavy (non-hydrogen) atoms. The minimum Gasteiger partial charge on any atom is -0.396 e. The highest BCUT2D eigenvalue weighted by molar-refractivity contribution is 5.47. The SMILES string of the molecule is OCC1(CO)[C@@]23C=CC=C[C@@]12CCC3. The van der Waals surface area contributed by atoms with Crippen LogP contribution in [0.25, 0.3) is 0 Å². The molecule has 0 aromatic carbocycles. The van der Waals surface area contributed by atoms with Crippen LogP contribution in [0.15, 0.2) is 24.3 Å². The first-order chi connectivity index (χ1) is 6.79. The zero-order valence-corrected chi connectivity index (χ0v) is 8.24. The number of hydrogen-bond acceptors (Lipinski definition) is 2. The molecule has 76 valence electrons. The van der Waals surface area contributed by atoms with Crippen LogP contribution in [-0.4, -0.2) is 23.4 Å². The molecule has 2 heteroatoms. The van der Waals surface area contributed by atoms with E-state index in [-0.39, 0.29) is 29.5 Å². The van der Waals surface area contributed by atoms with E-state index in [0.29, 0.717) is 0 Å². The lowest BCUT2D eigenvalue weighted by atomic mass is 9.88. The molecule has 0 saturated heterocycles. The van der Waals surface area contributed by atoms with Crippen molar-refractivity contribution in [1.82, 2.24) is 0 Å². The molecule has 0 unspecified atom stereocenters. The van der Waals surface area contributed by atoms with Gasteiger partial charge >= 0.3 is 0 Å². The summed E-state index contributed by atoms with van der Waals surface area (Å²) in [4.78, 5) is 0. The summed E-state index contributed by atoms with van der Waals surface area (Å²) in [6.45, 7) is 0.219. The molecule has 0 aromatic heterocycles. The molecule has 2 saturated carbocycles. The average molecular weight is 192 g/mol. The Hall–Kier alpha value is -0.600. The molecule has 3 rings (SSSR count). The smallest absolute Gasteiger partial charge is 0.0526 e. The molecular weight excluding hydrogens is 176 g/mol. The maximum Gasteiger partial charge on any atom is 0.0526 e. The van der Waals surface area contributed by atoms with Crippen molar-refractivity contribution in [3.8, 4) is 0 Å². The number of rotatable bonds is 2. The summed E-state index contributed by atoms with van der Waals surface area (Å²) in [5, 5.41) is 19.1. The highest BCUT2D eigenvalue weighted by Gasteiger charge is 2.85. The summed E-state index contributed by atoms with van der Waals surface area (Å²) in [5.74, 6) is 0. The zero-order chi connectivity index (χ0) is 9.86. The molecule has 0 radical (unpaired) electrons. The van der Waals surface area contributed by atoms with Crippen LogP contribution in [0.4, 0.5) is 0 Å². The Morgan fingerprint density at radius 2 is 1.43 bits per heavy atom. The summed E-state index contributed by atoms with van der Waals surface area (Å²) in [7, 11) is 0. The van der Waals surface area contributed by atoms with Crippen LogP contribution >= 0.6 is 0 Å². The van der Waals surface area contributed by atoms with E-state index in [1.165, 1.54) is 6.42 Å². The minimum atomic E-state index is -0.262. The molecule has 2 N–H and O–H groups in total. The number of aliphatic hydroxyl groups excluding tert-OH is 2. The molecule has 0 heterocycles. The highest BCUT2D eigenvalue weighted by Crippen LogP contribution is 2.87. The minimum absolute atomic E-state index is 0.0816. The molecule has 3 aliphatic rings. The van der Waals surface area contributed by atoms with Gasteiger partial charge in [-0.15, -0.1) is 0 Å². The van der Waals surface area contributed by atoms with Gasteiger partial charge in [0.05, 0.1) is 13.2 Å². The number of hydrogen-bond donors (Lipinski definition) is 2. The molecule has 2 nitrogen and oxygen atoms in total. The molecule has 3 aliphatic carbocycles. The second-order valence-corrected chi connectivity index (χ2v) is 4.91. The predicted molar refractivity (Wildman–Crippen MR) is 53.6 cm³/mol. The van der Waals surface area contributed by atoms with Gasteiger partial charge in [-0.3, -0.25) is 0 Å². The third-order valence-electron chi connectivity index (χ3n) is 5.00. The molecule has 0 aliphatic heterocycles.